The van der Waals surface area contributed by atoms with Gasteiger partial charge in [0.15, 0.2) is 0 Å². The van der Waals surface area contributed by atoms with E-state index in [1.807, 2.05) is 26.0 Å². The Morgan fingerprint density at radius 1 is 1.72 bits per heavy atom. The Morgan fingerprint density at radius 2 is 2.50 bits per heavy atom. The molecule has 1 fully saturated rings. The second-order valence-electron chi connectivity index (χ2n) is 5.02. The molecule has 0 bridgehead atoms. The first-order valence-electron chi connectivity index (χ1n) is 6.08. The first-order valence-corrected chi connectivity index (χ1v) is 6.08. The van der Waals surface area contributed by atoms with E-state index in [-0.39, 0.29) is 18.0 Å². The van der Waals surface area contributed by atoms with Crippen LogP contribution in [0.3, 0.4) is 0 Å². The van der Waals surface area contributed by atoms with Gasteiger partial charge in [0.05, 0.1) is 24.7 Å². The van der Waals surface area contributed by atoms with Gasteiger partial charge in [-0.3, -0.25) is 9.78 Å². The summed E-state index contributed by atoms with van der Waals surface area (Å²) < 4.78 is 5.28. The highest BCUT2D eigenvalue weighted by atomic mass is 16.5. The lowest BCUT2D eigenvalue weighted by Gasteiger charge is -2.27. The summed E-state index contributed by atoms with van der Waals surface area (Å²) in [5, 5.41) is 2.97. The van der Waals surface area contributed by atoms with Crippen molar-refractivity contribution in [3.63, 3.8) is 0 Å². The molecule has 5 heteroatoms. The van der Waals surface area contributed by atoms with Crippen molar-refractivity contribution in [2.75, 3.05) is 13.2 Å². The summed E-state index contributed by atoms with van der Waals surface area (Å²) in [5.41, 5.74) is 6.26. The lowest BCUT2D eigenvalue weighted by Crippen LogP contribution is -2.50. The topological polar surface area (TPSA) is 77.2 Å². The van der Waals surface area contributed by atoms with Gasteiger partial charge in [-0.05, 0) is 25.5 Å². The van der Waals surface area contributed by atoms with Gasteiger partial charge in [0.2, 0.25) is 5.91 Å². The fourth-order valence-electron chi connectivity index (χ4n) is 2.00. The van der Waals surface area contributed by atoms with Gasteiger partial charge in [-0.25, -0.2) is 0 Å². The molecule has 0 aromatic carbocycles. The van der Waals surface area contributed by atoms with Crippen LogP contribution in [0.25, 0.3) is 0 Å². The number of nitrogens with zero attached hydrogens (tertiary/aromatic N) is 1. The molecule has 1 aromatic heterocycles. The van der Waals surface area contributed by atoms with E-state index in [1.165, 1.54) is 0 Å². The summed E-state index contributed by atoms with van der Waals surface area (Å²) in [4.78, 5) is 16.3. The summed E-state index contributed by atoms with van der Waals surface area (Å²) >= 11 is 0. The lowest BCUT2D eigenvalue weighted by atomic mass is 9.84. The third-order valence-corrected chi connectivity index (χ3v) is 3.57. The molecule has 3 N–H and O–H groups in total. The Bertz CT molecular complexity index is 424. The first kappa shape index (κ1) is 13.0. The molecule has 0 radical (unpaired) electrons. The van der Waals surface area contributed by atoms with Gasteiger partial charge in [0, 0.05) is 18.4 Å². The molecule has 1 aromatic rings. The Morgan fingerprint density at radius 3 is 3.06 bits per heavy atom. The minimum Gasteiger partial charge on any atom is -0.379 e. The second-order valence-corrected chi connectivity index (χ2v) is 5.02. The van der Waals surface area contributed by atoms with E-state index in [4.69, 9.17) is 10.5 Å². The average Bonchev–Trinajstić information content (AvgIpc) is 2.72. The fourth-order valence-corrected chi connectivity index (χ4v) is 2.00. The number of hydrogen-bond acceptors (Lipinski definition) is 4. The van der Waals surface area contributed by atoms with E-state index in [0.29, 0.717) is 13.2 Å². The maximum absolute atomic E-state index is 12.3. The van der Waals surface area contributed by atoms with Crippen LogP contribution in [0.5, 0.6) is 0 Å². The Labute approximate surface area is 107 Å². The molecule has 98 valence electrons. The van der Waals surface area contributed by atoms with Crippen molar-refractivity contribution in [2.24, 2.45) is 11.1 Å². The van der Waals surface area contributed by atoms with Gasteiger partial charge in [-0.1, -0.05) is 6.07 Å². The van der Waals surface area contributed by atoms with Crippen molar-refractivity contribution < 1.29 is 9.53 Å². The van der Waals surface area contributed by atoms with Crippen LogP contribution in [0, 0.1) is 5.41 Å². The fraction of sp³-hybridized carbons (Fsp3) is 0.538. The number of nitrogens with one attached hydrogen (secondary N) is 1. The number of amides is 1. The first-order chi connectivity index (χ1) is 8.54. The third kappa shape index (κ3) is 2.37. The molecule has 3 atom stereocenters. The van der Waals surface area contributed by atoms with Crippen LogP contribution in [-0.4, -0.2) is 30.1 Å². The van der Waals surface area contributed by atoms with E-state index in [9.17, 15) is 4.79 Å². The third-order valence-electron chi connectivity index (χ3n) is 3.57. The van der Waals surface area contributed by atoms with E-state index in [2.05, 4.69) is 10.3 Å². The van der Waals surface area contributed by atoms with Crippen LogP contribution < -0.4 is 11.1 Å². The van der Waals surface area contributed by atoms with Crippen LogP contribution >= 0.6 is 0 Å². The number of nitrogens with two attached hydrogens (primary N) is 1. The van der Waals surface area contributed by atoms with Gasteiger partial charge in [-0.2, -0.15) is 0 Å². The zero-order valence-electron chi connectivity index (χ0n) is 10.7. The van der Waals surface area contributed by atoms with Crippen molar-refractivity contribution in [3.8, 4) is 0 Å². The number of pyridine rings is 1. The number of aromatic nitrogens is 1. The Kier molecular flexibility index (Phi) is 3.63. The average molecular weight is 249 g/mol. The molecule has 1 aliphatic rings. The SMILES string of the molecule is C[C@@H](NC(=O)C1(C)COCC1N)c1cccnc1. The Balaban J connectivity index is 2.04. The molecule has 5 nitrogen and oxygen atoms in total. The zero-order chi connectivity index (χ0) is 13.2. The standard InChI is InChI=1S/C13H19N3O2/c1-9(10-4-3-5-15-6-10)16-12(17)13(2)8-18-7-11(13)14/h3-6,9,11H,7-8,14H2,1-2H3,(H,16,17)/t9-,11?,13?/m1/s1. The molecule has 2 heterocycles. The minimum atomic E-state index is -0.642. The highest BCUT2D eigenvalue weighted by molar-refractivity contribution is 5.84. The molecule has 0 spiro atoms. The van der Waals surface area contributed by atoms with Crippen LogP contribution in [0.2, 0.25) is 0 Å². The molecule has 0 aliphatic carbocycles. The largest absolute Gasteiger partial charge is 0.379 e. The quantitative estimate of drug-likeness (QED) is 0.823. The van der Waals surface area contributed by atoms with E-state index < -0.39 is 5.41 Å². The van der Waals surface area contributed by atoms with E-state index in [1.54, 1.807) is 12.4 Å². The Hall–Kier alpha value is -1.46. The van der Waals surface area contributed by atoms with Gasteiger partial charge < -0.3 is 15.8 Å². The molecular formula is C13H19N3O2. The summed E-state index contributed by atoms with van der Waals surface area (Å²) in [5.74, 6) is -0.0659. The van der Waals surface area contributed by atoms with Crippen LogP contribution in [0.1, 0.15) is 25.5 Å². The van der Waals surface area contributed by atoms with Crippen LogP contribution in [-0.2, 0) is 9.53 Å². The van der Waals surface area contributed by atoms with Crippen LogP contribution in [0.15, 0.2) is 24.5 Å². The van der Waals surface area contributed by atoms with Gasteiger partial charge >= 0.3 is 0 Å². The predicted molar refractivity (Wildman–Crippen MR) is 67.7 cm³/mol. The second kappa shape index (κ2) is 5.04. The molecule has 0 saturated carbocycles. The summed E-state index contributed by atoms with van der Waals surface area (Å²) in [6, 6.07) is 3.45. The number of hydrogen-bond donors (Lipinski definition) is 2. The van der Waals surface area contributed by atoms with Crippen molar-refractivity contribution in [1.29, 1.82) is 0 Å². The number of ether oxygens (including phenoxy) is 1. The van der Waals surface area contributed by atoms with Crippen LogP contribution in [0.4, 0.5) is 0 Å². The maximum atomic E-state index is 12.3. The summed E-state index contributed by atoms with van der Waals surface area (Å²) in [6.07, 6.45) is 3.46. The molecule has 18 heavy (non-hydrogen) atoms. The van der Waals surface area contributed by atoms with Gasteiger partial charge in [-0.15, -0.1) is 0 Å². The molecule has 1 saturated heterocycles. The highest BCUT2D eigenvalue weighted by Crippen LogP contribution is 2.28. The number of carbonyl (C=O) groups is 1. The molecule has 2 rings (SSSR count). The molecule has 1 aliphatic heterocycles. The lowest BCUT2D eigenvalue weighted by molar-refractivity contribution is -0.131. The van der Waals surface area contributed by atoms with Crippen molar-refractivity contribution >= 4 is 5.91 Å². The summed E-state index contributed by atoms with van der Waals surface area (Å²) in [6.45, 7) is 4.58. The van der Waals surface area contributed by atoms with Gasteiger partial charge in [0.1, 0.15) is 0 Å². The minimum absolute atomic E-state index is 0.0659. The maximum Gasteiger partial charge on any atom is 0.230 e. The molecule has 2 unspecified atom stereocenters. The summed E-state index contributed by atoms with van der Waals surface area (Å²) in [7, 11) is 0. The van der Waals surface area contributed by atoms with Crippen molar-refractivity contribution in [1.82, 2.24) is 10.3 Å². The highest BCUT2D eigenvalue weighted by Gasteiger charge is 2.44. The van der Waals surface area contributed by atoms with Crippen molar-refractivity contribution in [3.05, 3.63) is 30.1 Å². The van der Waals surface area contributed by atoms with E-state index in [0.717, 1.165) is 5.56 Å². The number of rotatable bonds is 3. The number of carbonyl (C=O) groups excluding carboxylic acids is 1. The van der Waals surface area contributed by atoms with E-state index >= 15 is 0 Å². The van der Waals surface area contributed by atoms with Crippen molar-refractivity contribution in [2.45, 2.75) is 25.9 Å². The van der Waals surface area contributed by atoms with Gasteiger partial charge in [0.25, 0.3) is 0 Å². The zero-order valence-corrected chi connectivity index (χ0v) is 10.7. The smallest absolute Gasteiger partial charge is 0.230 e. The molecular weight excluding hydrogens is 230 g/mol. The molecule has 1 amide bonds. The normalized spacial score (nSPS) is 28.9. The predicted octanol–water partition coefficient (Wildman–Crippen LogP) is 0.623. The monoisotopic (exact) mass is 249 g/mol.